The second kappa shape index (κ2) is 4.12. The van der Waals surface area contributed by atoms with Gasteiger partial charge < -0.3 is 4.90 Å². The van der Waals surface area contributed by atoms with Crippen molar-refractivity contribution in [1.29, 1.82) is 0 Å². The molecule has 2 aliphatic rings. The maximum Gasteiger partial charge on any atom is 0.132 e. The number of nitrogens with zero attached hydrogens (tertiary/aromatic N) is 2. The van der Waals surface area contributed by atoms with Gasteiger partial charge in [0.15, 0.2) is 0 Å². The predicted molar refractivity (Wildman–Crippen MR) is 80.9 cm³/mol. The standard InChI is InChI=1S/C16H23ClN2/c1-11-5-12(8-18-14(11)17)19-10-16(4)7-13(19)6-15(2,3)9-16/h5,8,13H,6-7,9-10H2,1-4H3. The summed E-state index contributed by atoms with van der Waals surface area (Å²) in [6, 6.07) is 2.85. The molecule has 1 aromatic rings. The van der Waals surface area contributed by atoms with Crippen LogP contribution in [0.1, 0.15) is 45.6 Å². The Balaban J connectivity index is 1.93. The highest BCUT2D eigenvalue weighted by molar-refractivity contribution is 6.30. The summed E-state index contributed by atoms with van der Waals surface area (Å²) in [6.07, 6.45) is 5.86. The number of hydrogen-bond donors (Lipinski definition) is 0. The van der Waals surface area contributed by atoms with Crippen LogP contribution in [0.3, 0.4) is 0 Å². The molecule has 2 unspecified atom stereocenters. The van der Waals surface area contributed by atoms with E-state index in [1.54, 1.807) is 0 Å². The number of anilines is 1. The van der Waals surface area contributed by atoms with Gasteiger partial charge in [0, 0.05) is 12.6 Å². The lowest BCUT2D eigenvalue weighted by atomic mass is 9.65. The first-order valence-electron chi connectivity index (χ1n) is 7.17. The lowest BCUT2D eigenvalue weighted by molar-refractivity contribution is 0.136. The normalized spacial score (nSPS) is 32.7. The zero-order valence-corrected chi connectivity index (χ0v) is 13.1. The van der Waals surface area contributed by atoms with Crippen LogP contribution in [0.2, 0.25) is 5.15 Å². The Kier molecular flexibility index (Phi) is 2.87. The number of halogens is 1. The summed E-state index contributed by atoms with van der Waals surface area (Å²) in [5, 5.41) is 0.623. The first-order valence-corrected chi connectivity index (χ1v) is 7.55. The summed E-state index contributed by atoms with van der Waals surface area (Å²) in [5.74, 6) is 0. The molecule has 0 spiro atoms. The van der Waals surface area contributed by atoms with Crippen LogP contribution in [0.15, 0.2) is 12.3 Å². The van der Waals surface area contributed by atoms with Crippen molar-refractivity contribution in [3.63, 3.8) is 0 Å². The van der Waals surface area contributed by atoms with Gasteiger partial charge in [0.2, 0.25) is 0 Å². The molecular formula is C16H23ClN2. The maximum atomic E-state index is 6.04. The van der Waals surface area contributed by atoms with Gasteiger partial charge in [-0.1, -0.05) is 32.4 Å². The Bertz CT molecular complexity index is 511. The van der Waals surface area contributed by atoms with Gasteiger partial charge in [-0.05, 0) is 48.6 Å². The summed E-state index contributed by atoms with van der Waals surface area (Å²) < 4.78 is 0. The van der Waals surface area contributed by atoms with Crippen LogP contribution in [-0.2, 0) is 0 Å². The van der Waals surface area contributed by atoms with Crippen molar-refractivity contribution in [1.82, 2.24) is 4.98 Å². The molecule has 19 heavy (non-hydrogen) atoms. The topological polar surface area (TPSA) is 16.1 Å². The van der Waals surface area contributed by atoms with Gasteiger partial charge in [0.25, 0.3) is 0 Å². The molecule has 1 aliphatic carbocycles. The molecule has 1 saturated carbocycles. The summed E-state index contributed by atoms with van der Waals surface area (Å²) in [5.41, 5.74) is 3.24. The smallest absolute Gasteiger partial charge is 0.132 e. The zero-order valence-electron chi connectivity index (χ0n) is 12.3. The van der Waals surface area contributed by atoms with Crippen molar-refractivity contribution >= 4 is 17.3 Å². The Morgan fingerprint density at radius 2 is 2.05 bits per heavy atom. The van der Waals surface area contributed by atoms with Gasteiger partial charge in [0.1, 0.15) is 5.15 Å². The molecule has 0 aromatic carbocycles. The van der Waals surface area contributed by atoms with Crippen LogP contribution < -0.4 is 4.90 Å². The third-order valence-corrected chi connectivity index (χ3v) is 5.14. The first kappa shape index (κ1) is 13.2. The van der Waals surface area contributed by atoms with Gasteiger partial charge >= 0.3 is 0 Å². The van der Waals surface area contributed by atoms with E-state index in [4.69, 9.17) is 11.6 Å². The van der Waals surface area contributed by atoms with E-state index in [-0.39, 0.29) is 0 Å². The van der Waals surface area contributed by atoms with Gasteiger partial charge in [0.05, 0.1) is 11.9 Å². The summed E-state index contributed by atoms with van der Waals surface area (Å²) in [4.78, 5) is 6.88. The van der Waals surface area contributed by atoms with E-state index in [1.807, 2.05) is 13.1 Å². The predicted octanol–water partition coefficient (Wildman–Crippen LogP) is 4.45. The monoisotopic (exact) mass is 278 g/mol. The number of aryl methyl sites for hydroxylation is 1. The highest BCUT2D eigenvalue weighted by Crippen LogP contribution is 2.53. The number of hydrogen-bond acceptors (Lipinski definition) is 2. The van der Waals surface area contributed by atoms with Gasteiger partial charge in [-0.25, -0.2) is 4.98 Å². The summed E-state index contributed by atoms with van der Waals surface area (Å²) in [6.45, 7) is 10.5. The van der Waals surface area contributed by atoms with Crippen molar-refractivity contribution in [2.45, 2.75) is 53.0 Å². The molecule has 2 bridgehead atoms. The molecule has 2 nitrogen and oxygen atoms in total. The van der Waals surface area contributed by atoms with Crippen LogP contribution in [-0.4, -0.2) is 17.6 Å². The maximum absolute atomic E-state index is 6.04. The van der Waals surface area contributed by atoms with Crippen LogP contribution in [0.5, 0.6) is 0 Å². The van der Waals surface area contributed by atoms with Crippen molar-refractivity contribution in [2.24, 2.45) is 10.8 Å². The van der Waals surface area contributed by atoms with Crippen LogP contribution in [0, 0.1) is 17.8 Å². The Hall–Kier alpha value is -0.760. The molecule has 1 aliphatic heterocycles. The number of fused-ring (bicyclic) bond motifs is 2. The van der Waals surface area contributed by atoms with Crippen LogP contribution in [0.25, 0.3) is 0 Å². The average Bonchev–Trinajstić information content (AvgIpc) is 2.52. The Morgan fingerprint density at radius 3 is 2.74 bits per heavy atom. The number of aromatic nitrogens is 1. The van der Waals surface area contributed by atoms with E-state index in [2.05, 4.69) is 36.7 Å². The molecule has 0 N–H and O–H groups in total. The average molecular weight is 279 g/mol. The lowest BCUT2D eigenvalue weighted by Gasteiger charge is -2.39. The second-order valence-corrected chi connectivity index (χ2v) is 8.00. The largest absolute Gasteiger partial charge is 0.367 e. The Morgan fingerprint density at radius 1 is 1.32 bits per heavy atom. The molecule has 104 valence electrons. The summed E-state index contributed by atoms with van der Waals surface area (Å²) >= 11 is 6.04. The van der Waals surface area contributed by atoms with E-state index in [9.17, 15) is 0 Å². The van der Waals surface area contributed by atoms with Crippen molar-refractivity contribution in [2.75, 3.05) is 11.4 Å². The fourth-order valence-electron chi connectivity index (χ4n) is 4.46. The van der Waals surface area contributed by atoms with Crippen LogP contribution in [0.4, 0.5) is 5.69 Å². The SMILES string of the molecule is Cc1cc(N2CC3(C)CC2CC(C)(C)C3)cnc1Cl. The molecule has 0 amide bonds. The molecule has 3 heteroatoms. The molecular weight excluding hydrogens is 256 g/mol. The fourth-order valence-corrected chi connectivity index (χ4v) is 4.57. The van der Waals surface area contributed by atoms with Crippen LogP contribution >= 0.6 is 11.6 Å². The second-order valence-electron chi connectivity index (χ2n) is 7.64. The van der Waals surface area contributed by atoms with E-state index >= 15 is 0 Å². The molecule has 0 radical (unpaired) electrons. The summed E-state index contributed by atoms with van der Waals surface area (Å²) in [7, 11) is 0. The highest BCUT2D eigenvalue weighted by Gasteiger charge is 2.49. The Labute approximate surface area is 121 Å². The molecule has 2 fully saturated rings. The highest BCUT2D eigenvalue weighted by atomic mass is 35.5. The molecule has 3 rings (SSSR count). The zero-order chi connectivity index (χ0) is 13.8. The minimum atomic E-state index is 0.458. The van der Waals surface area contributed by atoms with Gasteiger partial charge in [-0.15, -0.1) is 0 Å². The lowest BCUT2D eigenvalue weighted by Crippen LogP contribution is -2.34. The number of pyridine rings is 1. The number of rotatable bonds is 1. The van der Waals surface area contributed by atoms with Crippen molar-refractivity contribution in [3.8, 4) is 0 Å². The van der Waals surface area contributed by atoms with E-state index in [0.29, 0.717) is 22.0 Å². The minimum Gasteiger partial charge on any atom is -0.367 e. The third kappa shape index (κ3) is 2.35. The third-order valence-electron chi connectivity index (χ3n) is 4.75. The fraction of sp³-hybridized carbons (Fsp3) is 0.688. The van der Waals surface area contributed by atoms with Crippen molar-refractivity contribution < 1.29 is 0 Å². The van der Waals surface area contributed by atoms with E-state index in [0.717, 1.165) is 12.1 Å². The van der Waals surface area contributed by atoms with Gasteiger partial charge in [-0.2, -0.15) is 0 Å². The first-order chi connectivity index (χ1) is 8.78. The van der Waals surface area contributed by atoms with Gasteiger partial charge in [-0.3, -0.25) is 0 Å². The van der Waals surface area contributed by atoms with E-state index < -0.39 is 0 Å². The molecule has 1 saturated heterocycles. The molecule has 2 atom stereocenters. The van der Waals surface area contributed by atoms with Crippen molar-refractivity contribution in [3.05, 3.63) is 23.0 Å². The molecule has 1 aromatic heterocycles. The minimum absolute atomic E-state index is 0.458. The van der Waals surface area contributed by atoms with E-state index in [1.165, 1.54) is 24.9 Å². The quantitative estimate of drug-likeness (QED) is 0.706. The molecule has 2 heterocycles.